The monoisotopic (exact) mass is 459 g/mol. The number of hydrogen-bond acceptors (Lipinski definition) is 5. The van der Waals surface area contributed by atoms with E-state index < -0.39 is 32.4 Å². The molecule has 1 aliphatic carbocycles. The number of hydrogen-bond donors (Lipinski definition) is 2. The van der Waals surface area contributed by atoms with Crippen molar-refractivity contribution in [2.75, 3.05) is 6.26 Å². The van der Waals surface area contributed by atoms with E-state index in [1.54, 1.807) is 6.07 Å². The molecule has 2 bridgehead atoms. The average molecular weight is 460 g/mol. The van der Waals surface area contributed by atoms with Crippen molar-refractivity contribution in [2.24, 2.45) is 5.92 Å². The second kappa shape index (κ2) is 8.60. The van der Waals surface area contributed by atoms with E-state index in [4.69, 9.17) is 0 Å². The standard InChI is InChI=1S/C23H23F2N3O3S/c1-32(30,31)21-7-5-14(11-20(21)25)13-2-3-15(19(24)10-13)8-18(12-26)28-23(29)22-16-4-6-17(9-16)27-22/h2-3,5,7,10-11,16-18,22,27H,4,6,8-9H2,1H3,(H,28,29)/t16-,17-,18-,22-/m0/s1. The number of benzene rings is 2. The molecule has 2 aliphatic rings. The molecule has 0 spiro atoms. The van der Waals surface area contributed by atoms with Gasteiger partial charge in [0.15, 0.2) is 9.84 Å². The van der Waals surface area contributed by atoms with Gasteiger partial charge in [0, 0.05) is 18.7 Å². The molecule has 4 atom stereocenters. The van der Waals surface area contributed by atoms with Crippen LogP contribution in [-0.2, 0) is 21.1 Å². The number of carbonyl (C=O) groups excluding carboxylic acids is 1. The first kappa shape index (κ1) is 22.4. The van der Waals surface area contributed by atoms with Crippen LogP contribution >= 0.6 is 0 Å². The molecule has 0 unspecified atom stereocenters. The summed E-state index contributed by atoms with van der Waals surface area (Å²) in [6.07, 6.45) is 3.94. The zero-order valence-electron chi connectivity index (χ0n) is 17.4. The van der Waals surface area contributed by atoms with Crippen LogP contribution in [0.5, 0.6) is 0 Å². The van der Waals surface area contributed by atoms with E-state index in [1.807, 2.05) is 6.07 Å². The number of nitrogens with one attached hydrogen (secondary N) is 2. The maximum absolute atomic E-state index is 14.7. The van der Waals surface area contributed by atoms with Crippen LogP contribution in [0.25, 0.3) is 11.1 Å². The van der Waals surface area contributed by atoms with Crippen molar-refractivity contribution >= 4 is 15.7 Å². The molecule has 2 aromatic carbocycles. The molecule has 1 aliphatic heterocycles. The molecule has 168 valence electrons. The number of fused-ring (bicyclic) bond motifs is 2. The fourth-order valence-corrected chi connectivity index (χ4v) is 5.36. The molecule has 2 fully saturated rings. The third kappa shape index (κ3) is 4.52. The summed E-state index contributed by atoms with van der Waals surface area (Å²) < 4.78 is 52.1. The minimum Gasteiger partial charge on any atom is -0.339 e. The summed E-state index contributed by atoms with van der Waals surface area (Å²) in [4.78, 5) is 12.1. The third-order valence-electron chi connectivity index (χ3n) is 6.26. The lowest BCUT2D eigenvalue weighted by Crippen LogP contribution is -2.50. The molecule has 1 amide bonds. The fraction of sp³-hybridized carbons (Fsp3) is 0.391. The van der Waals surface area contributed by atoms with E-state index in [2.05, 4.69) is 10.6 Å². The summed E-state index contributed by atoms with van der Waals surface area (Å²) in [5, 5.41) is 15.4. The molecular weight excluding hydrogens is 436 g/mol. The van der Waals surface area contributed by atoms with Crippen LogP contribution in [0.3, 0.4) is 0 Å². The van der Waals surface area contributed by atoms with Gasteiger partial charge in [-0.1, -0.05) is 18.2 Å². The number of sulfone groups is 1. The maximum atomic E-state index is 14.7. The number of nitrogens with zero attached hydrogens (tertiary/aromatic N) is 1. The Kier molecular flexibility index (Phi) is 6.01. The normalized spacial score (nSPS) is 23.0. The Bertz CT molecular complexity index is 1210. The SMILES string of the molecule is CS(=O)(=O)c1ccc(-c2ccc(C[C@@H](C#N)NC(=O)[C@H]3N[C@H]4CC[C@H]3C4)c(F)c2)cc1F. The largest absolute Gasteiger partial charge is 0.339 e. The molecule has 0 radical (unpaired) electrons. The predicted octanol–water partition coefficient (Wildman–Crippen LogP) is 2.73. The van der Waals surface area contributed by atoms with Crippen LogP contribution < -0.4 is 10.6 Å². The number of rotatable bonds is 6. The van der Waals surface area contributed by atoms with Crippen molar-refractivity contribution in [3.8, 4) is 17.2 Å². The Hall–Kier alpha value is -2.83. The van der Waals surface area contributed by atoms with E-state index in [1.165, 1.54) is 18.2 Å². The van der Waals surface area contributed by atoms with Crippen LogP contribution in [0.2, 0.25) is 0 Å². The van der Waals surface area contributed by atoms with E-state index in [0.717, 1.165) is 37.7 Å². The van der Waals surface area contributed by atoms with Gasteiger partial charge < -0.3 is 10.6 Å². The van der Waals surface area contributed by atoms with E-state index in [9.17, 15) is 27.3 Å². The fourth-order valence-electron chi connectivity index (χ4n) is 4.63. The van der Waals surface area contributed by atoms with Crippen LogP contribution in [0.15, 0.2) is 41.3 Å². The summed E-state index contributed by atoms with van der Waals surface area (Å²) in [6.45, 7) is 0. The molecule has 6 nitrogen and oxygen atoms in total. The third-order valence-corrected chi connectivity index (χ3v) is 7.39. The van der Waals surface area contributed by atoms with Gasteiger partial charge in [-0.15, -0.1) is 0 Å². The van der Waals surface area contributed by atoms with E-state index in [0.29, 0.717) is 17.2 Å². The number of amides is 1. The van der Waals surface area contributed by atoms with Gasteiger partial charge in [0.05, 0.1) is 12.1 Å². The second-order valence-corrected chi connectivity index (χ2v) is 10.5. The highest BCUT2D eigenvalue weighted by Gasteiger charge is 2.43. The molecule has 4 rings (SSSR count). The first-order valence-electron chi connectivity index (χ1n) is 10.4. The number of carbonyl (C=O) groups is 1. The van der Waals surface area contributed by atoms with Gasteiger partial charge in [0.2, 0.25) is 5.91 Å². The van der Waals surface area contributed by atoms with Crippen molar-refractivity contribution in [3.05, 3.63) is 53.6 Å². The minimum absolute atomic E-state index is 0.00343. The van der Waals surface area contributed by atoms with Crippen molar-refractivity contribution in [1.82, 2.24) is 10.6 Å². The average Bonchev–Trinajstić information content (AvgIpc) is 3.37. The number of nitriles is 1. The topological polar surface area (TPSA) is 99.1 Å². The van der Waals surface area contributed by atoms with Gasteiger partial charge in [-0.2, -0.15) is 5.26 Å². The highest BCUT2D eigenvalue weighted by Crippen LogP contribution is 2.35. The lowest BCUT2D eigenvalue weighted by molar-refractivity contribution is -0.124. The van der Waals surface area contributed by atoms with Gasteiger partial charge in [-0.25, -0.2) is 17.2 Å². The summed E-state index contributed by atoms with van der Waals surface area (Å²) in [5.74, 6) is -1.45. The van der Waals surface area contributed by atoms with Crippen LogP contribution in [-0.4, -0.2) is 38.7 Å². The Morgan fingerprint density at radius 2 is 1.88 bits per heavy atom. The minimum atomic E-state index is -3.70. The Morgan fingerprint density at radius 1 is 1.19 bits per heavy atom. The summed E-state index contributed by atoms with van der Waals surface area (Å²) >= 11 is 0. The highest BCUT2D eigenvalue weighted by atomic mass is 32.2. The van der Waals surface area contributed by atoms with Crippen LogP contribution in [0, 0.1) is 28.9 Å². The van der Waals surface area contributed by atoms with Crippen molar-refractivity contribution in [2.45, 2.75) is 48.7 Å². The summed E-state index contributed by atoms with van der Waals surface area (Å²) in [5.41, 5.74) is 0.941. The van der Waals surface area contributed by atoms with E-state index >= 15 is 0 Å². The maximum Gasteiger partial charge on any atom is 0.238 e. The molecule has 1 saturated carbocycles. The molecular formula is C23H23F2N3O3S. The van der Waals surface area contributed by atoms with Crippen molar-refractivity contribution < 1.29 is 22.0 Å². The van der Waals surface area contributed by atoms with E-state index in [-0.39, 0.29) is 29.9 Å². The van der Waals surface area contributed by atoms with Gasteiger partial charge in [-0.05, 0) is 60.1 Å². The lowest BCUT2D eigenvalue weighted by atomic mass is 9.97. The Balaban J connectivity index is 1.46. The first-order chi connectivity index (χ1) is 15.2. The van der Waals surface area contributed by atoms with Crippen molar-refractivity contribution in [3.63, 3.8) is 0 Å². The highest BCUT2D eigenvalue weighted by molar-refractivity contribution is 7.90. The zero-order chi connectivity index (χ0) is 23.0. The smallest absolute Gasteiger partial charge is 0.238 e. The van der Waals surface area contributed by atoms with Gasteiger partial charge in [0.25, 0.3) is 0 Å². The second-order valence-electron chi connectivity index (χ2n) is 8.53. The molecule has 1 heterocycles. The molecule has 2 aromatic rings. The Labute approximate surface area is 185 Å². The quantitative estimate of drug-likeness (QED) is 0.692. The summed E-state index contributed by atoms with van der Waals surface area (Å²) in [6, 6.07) is 9.06. The van der Waals surface area contributed by atoms with Crippen molar-refractivity contribution in [1.29, 1.82) is 5.26 Å². The number of halogens is 2. The molecule has 2 N–H and O–H groups in total. The van der Waals surface area contributed by atoms with Gasteiger partial charge >= 0.3 is 0 Å². The predicted molar refractivity (Wildman–Crippen MR) is 114 cm³/mol. The van der Waals surface area contributed by atoms with Crippen LogP contribution in [0.1, 0.15) is 24.8 Å². The summed E-state index contributed by atoms with van der Waals surface area (Å²) in [7, 11) is -3.70. The molecule has 9 heteroatoms. The van der Waals surface area contributed by atoms with Gasteiger partial charge in [0.1, 0.15) is 22.6 Å². The molecule has 1 saturated heterocycles. The van der Waals surface area contributed by atoms with Gasteiger partial charge in [-0.3, -0.25) is 4.79 Å². The molecule has 0 aromatic heterocycles. The lowest BCUT2D eigenvalue weighted by Gasteiger charge is -2.23. The van der Waals surface area contributed by atoms with Crippen LogP contribution in [0.4, 0.5) is 8.78 Å². The Morgan fingerprint density at radius 3 is 2.41 bits per heavy atom. The first-order valence-corrected chi connectivity index (χ1v) is 12.3. The molecule has 32 heavy (non-hydrogen) atoms. The number of piperidine rings is 1. The zero-order valence-corrected chi connectivity index (χ0v) is 18.3.